The molecule has 0 bridgehead atoms. The van der Waals surface area contributed by atoms with Crippen LogP contribution in [0.15, 0.2) is 47.5 Å². The summed E-state index contributed by atoms with van der Waals surface area (Å²) in [5.74, 6) is -2.15. The number of hydroxylamine groups is 1. The van der Waals surface area contributed by atoms with Crippen molar-refractivity contribution >= 4 is 17.5 Å². The Bertz CT molecular complexity index is 1100. The van der Waals surface area contributed by atoms with Crippen molar-refractivity contribution in [2.75, 3.05) is 31.1 Å². The van der Waals surface area contributed by atoms with Crippen LogP contribution in [0.3, 0.4) is 0 Å². The number of benzene rings is 2. The van der Waals surface area contributed by atoms with E-state index < -0.39 is 24.1 Å². The Balaban J connectivity index is 1.43. The molecule has 2 aromatic rings. The molecule has 2 heterocycles. The van der Waals surface area contributed by atoms with Gasteiger partial charge in [0.05, 0.1) is 17.3 Å². The van der Waals surface area contributed by atoms with Gasteiger partial charge in [0.15, 0.2) is 6.17 Å². The maximum atomic E-state index is 14.3. The number of piperazine rings is 1. The summed E-state index contributed by atoms with van der Waals surface area (Å²) in [5, 5.41) is 8.86. The summed E-state index contributed by atoms with van der Waals surface area (Å²) in [7, 11) is 0. The lowest BCUT2D eigenvalue weighted by Crippen LogP contribution is -2.49. The summed E-state index contributed by atoms with van der Waals surface area (Å²) < 4.78 is 52.4. The summed E-state index contributed by atoms with van der Waals surface area (Å²) in [6.45, 7) is 1.46. The molecule has 2 aliphatic heterocycles. The van der Waals surface area contributed by atoms with Crippen LogP contribution >= 0.6 is 0 Å². The molecule has 1 fully saturated rings. The topological polar surface area (TPSA) is 81.0 Å². The van der Waals surface area contributed by atoms with Crippen molar-refractivity contribution in [3.05, 3.63) is 65.0 Å². The molecule has 0 aromatic heterocycles. The molecule has 0 radical (unpaired) electrons. The van der Waals surface area contributed by atoms with Crippen molar-refractivity contribution < 1.29 is 27.2 Å². The van der Waals surface area contributed by atoms with Gasteiger partial charge < -0.3 is 14.6 Å². The van der Waals surface area contributed by atoms with Crippen molar-refractivity contribution in [2.45, 2.75) is 12.3 Å². The normalized spacial score (nSPS) is 18.7. The Morgan fingerprint density at radius 1 is 1.16 bits per heavy atom. The molecule has 2 aromatic carbocycles. The number of rotatable bonds is 3. The van der Waals surface area contributed by atoms with Gasteiger partial charge in [0, 0.05) is 31.7 Å². The lowest BCUT2D eigenvalue weighted by Gasteiger charge is -2.36. The maximum Gasteiger partial charge on any atom is 0.470 e. The Morgan fingerprint density at radius 3 is 2.53 bits per heavy atom. The Morgan fingerprint density at radius 2 is 1.91 bits per heavy atom. The highest BCUT2D eigenvalue weighted by molar-refractivity contribution is 5.94. The monoisotopic (exact) mass is 447 g/mol. The van der Waals surface area contributed by atoms with Crippen molar-refractivity contribution in [1.29, 1.82) is 5.26 Å². The van der Waals surface area contributed by atoms with E-state index in [1.165, 1.54) is 18.2 Å². The van der Waals surface area contributed by atoms with Crippen LogP contribution in [0.25, 0.3) is 0 Å². The molecule has 166 valence electrons. The maximum absolute atomic E-state index is 14.3. The molecule has 0 saturated carbocycles. The lowest BCUT2D eigenvalue weighted by atomic mass is 10.1. The molecule has 11 heteroatoms. The fraction of sp³-hybridized carbons (Fsp3) is 0.286. The van der Waals surface area contributed by atoms with Gasteiger partial charge in [-0.1, -0.05) is 12.1 Å². The zero-order chi connectivity index (χ0) is 22.9. The average molecular weight is 447 g/mol. The lowest BCUT2D eigenvalue weighted by molar-refractivity contribution is -0.0807. The average Bonchev–Trinajstić information content (AvgIpc) is 3.30. The molecule has 4 rings (SSSR count). The molecule has 7 nitrogen and oxygen atoms in total. The number of amides is 1. The first-order valence-electron chi connectivity index (χ1n) is 9.67. The van der Waals surface area contributed by atoms with Crippen LogP contribution in [0, 0.1) is 17.1 Å². The number of alkyl halides is 3. The Labute approximate surface area is 180 Å². The van der Waals surface area contributed by atoms with Crippen LogP contribution in [-0.4, -0.2) is 49.1 Å². The third kappa shape index (κ3) is 4.36. The summed E-state index contributed by atoms with van der Waals surface area (Å²) in [4.78, 5) is 24.2. The third-order valence-electron chi connectivity index (χ3n) is 5.19. The van der Waals surface area contributed by atoms with Crippen LogP contribution in [-0.2, 0) is 4.84 Å². The van der Waals surface area contributed by atoms with Gasteiger partial charge in [0.2, 0.25) is 0 Å². The quantitative estimate of drug-likeness (QED) is 0.732. The van der Waals surface area contributed by atoms with Crippen LogP contribution in [0.1, 0.15) is 27.7 Å². The van der Waals surface area contributed by atoms with Gasteiger partial charge >= 0.3 is 12.1 Å². The summed E-state index contributed by atoms with van der Waals surface area (Å²) in [6.07, 6.45) is -5.78. The number of hydrogen-bond donors (Lipinski definition) is 1. The fourth-order valence-corrected chi connectivity index (χ4v) is 3.56. The molecule has 1 saturated heterocycles. The predicted octanol–water partition coefficient (Wildman–Crippen LogP) is 3.15. The molecule has 1 atom stereocenters. The summed E-state index contributed by atoms with van der Waals surface area (Å²) in [6, 6.07) is 12.3. The van der Waals surface area contributed by atoms with Gasteiger partial charge in [-0.05, 0) is 35.9 Å². The van der Waals surface area contributed by atoms with Crippen LogP contribution in [0.2, 0.25) is 0 Å². The number of carbonyl (C=O) groups excluding carboxylic acids is 1. The van der Waals surface area contributed by atoms with E-state index in [1.807, 2.05) is 6.07 Å². The minimum Gasteiger partial charge on any atom is -0.381 e. The van der Waals surface area contributed by atoms with Crippen molar-refractivity contribution in [3.8, 4) is 6.07 Å². The van der Waals surface area contributed by atoms with Gasteiger partial charge in [-0.25, -0.2) is 9.38 Å². The molecule has 0 spiro atoms. The molecule has 1 N–H and O–H groups in total. The predicted molar refractivity (Wildman–Crippen MR) is 106 cm³/mol. The second-order valence-electron chi connectivity index (χ2n) is 7.24. The number of halogens is 4. The molecule has 1 unspecified atom stereocenters. The Hall–Kier alpha value is -3.65. The molecule has 32 heavy (non-hydrogen) atoms. The molecule has 2 aliphatic rings. The van der Waals surface area contributed by atoms with E-state index >= 15 is 0 Å². The third-order valence-corrected chi connectivity index (χ3v) is 5.19. The smallest absolute Gasteiger partial charge is 0.381 e. The first kappa shape index (κ1) is 21.6. The van der Waals surface area contributed by atoms with Gasteiger partial charge in [-0.2, -0.15) is 18.4 Å². The first-order valence-corrected chi connectivity index (χ1v) is 9.67. The fourth-order valence-electron chi connectivity index (χ4n) is 3.56. The van der Waals surface area contributed by atoms with E-state index in [0.29, 0.717) is 43.0 Å². The number of anilines is 1. The van der Waals surface area contributed by atoms with Gasteiger partial charge in [-0.3, -0.25) is 4.79 Å². The second-order valence-corrected chi connectivity index (χ2v) is 7.24. The van der Waals surface area contributed by atoms with E-state index in [-0.39, 0.29) is 11.5 Å². The van der Waals surface area contributed by atoms with Crippen LogP contribution < -0.4 is 10.4 Å². The highest BCUT2D eigenvalue weighted by atomic mass is 19.4. The number of hydrogen-bond acceptors (Lipinski definition) is 6. The van der Waals surface area contributed by atoms with Gasteiger partial charge in [0.1, 0.15) is 5.82 Å². The zero-order valence-corrected chi connectivity index (χ0v) is 16.6. The molecular weight excluding hydrogens is 430 g/mol. The van der Waals surface area contributed by atoms with Gasteiger partial charge in [-0.15, -0.1) is 5.48 Å². The number of nitrogens with zero attached hydrogens (tertiary/aromatic N) is 4. The summed E-state index contributed by atoms with van der Waals surface area (Å²) >= 11 is 0. The number of aliphatic imine (C=N–C) groups is 1. The van der Waals surface area contributed by atoms with Crippen molar-refractivity contribution in [1.82, 2.24) is 10.4 Å². The Kier molecular flexibility index (Phi) is 5.71. The number of nitriles is 1. The minimum atomic E-state index is -4.71. The molecular formula is C21H17F4N5O2. The zero-order valence-electron chi connectivity index (χ0n) is 16.6. The number of nitrogens with one attached hydrogen (secondary N) is 1. The largest absolute Gasteiger partial charge is 0.470 e. The van der Waals surface area contributed by atoms with Gasteiger partial charge in [0.25, 0.3) is 5.91 Å². The standard InChI is InChI=1S/C21H17F4N5O2/c22-16-10-13(12-26)4-5-17(16)29-6-8-30(9-7-29)19(31)15-3-1-2-14(11-15)18-27-20(32-28-18)21(23,24)25/h1-5,10-11,18,28H,6-9H2. The van der Waals surface area contributed by atoms with Crippen LogP contribution in [0.5, 0.6) is 0 Å². The van der Waals surface area contributed by atoms with E-state index in [2.05, 4.69) is 15.3 Å². The summed E-state index contributed by atoms with van der Waals surface area (Å²) in [5.41, 5.74) is 3.46. The van der Waals surface area contributed by atoms with Crippen molar-refractivity contribution in [3.63, 3.8) is 0 Å². The van der Waals surface area contributed by atoms with E-state index in [9.17, 15) is 22.4 Å². The first-order chi connectivity index (χ1) is 15.3. The van der Waals surface area contributed by atoms with E-state index in [4.69, 9.17) is 5.26 Å². The van der Waals surface area contributed by atoms with E-state index in [1.54, 1.807) is 34.1 Å². The molecule has 1 amide bonds. The minimum absolute atomic E-state index is 0.230. The molecule has 0 aliphatic carbocycles. The van der Waals surface area contributed by atoms with Crippen molar-refractivity contribution in [2.24, 2.45) is 4.99 Å². The number of carbonyl (C=O) groups is 1. The second kappa shape index (κ2) is 8.47. The highest BCUT2D eigenvalue weighted by Gasteiger charge is 2.42. The van der Waals surface area contributed by atoms with Crippen LogP contribution in [0.4, 0.5) is 23.2 Å². The SMILES string of the molecule is N#Cc1ccc(N2CCN(C(=O)c3cccc(C4N=C(C(F)(F)F)ON4)c3)CC2)c(F)c1. The highest BCUT2D eigenvalue weighted by Crippen LogP contribution is 2.28. The van der Waals surface area contributed by atoms with E-state index in [0.717, 1.165) is 0 Å².